The van der Waals surface area contributed by atoms with E-state index in [1.54, 1.807) is 0 Å². The lowest BCUT2D eigenvalue weighted by molar-refractivity contribution is -0.00514. The lowest BCUT2D eigenvalue weighted by Crippen LogP contribution is -2.44. The van der Waals surface area contributed by atoms with Crippen molar-refractivity contribution in [1.82, 2.24) is 4.90 Å². The summed E-state index contributed by atoms with van der Waals surface area (Å²) >= 11 is 0. The van der Waals surface area contributed by atoms with Gasteiger partial charge in [-0.25, -0.2) is 0 Å². The molecule has 2 nitrogen and oxygen atoms in total. The lowest BCUT2D eigenvalue weighted by Gasteiger charge is -2.40. The summed E-state index contributed by atoms with van der Waals surface area (Å²) in [4.78, 5) is 2.56. The lowest BCUT2D eigenvalue weighted by atomic mass is 9.73. The highest BCUT2D eigenvalue weighted by molar-refractivity contribution is 4.86. The minimum Gasteiger partial charge on any atom is -0.393 e. The van der Waals surface area contributed by atoms with Crippen LogP contribution in [0.4, 0.5) is 0 Å². The fourth-order valence-electron chi connectivity index (χ4n) is 4.35. The molecule has 0 spiro atoms. The Kier molecular flexibility index (Phi) is 5.70. The molecule has 2 rings (SSSR count). The minimum absolute atomic E-state index is 0.0769. The first-order valence-electron chi connectivity index (χ1n) is 8.46. The van der Waals surface area contributed by atoms with Gasteiger partial charge in [0.25, 0.3) is 0 Å². The number of aliphatic hydroxyl groups excluding tert-OH is 1. The van der Waals surface area contributed by atoms with Gasteiger partial charge in [0.15, 0.2) is 0 Å². The molecule has 0 saturated heterocycles. The summed E-state index contributed by atoms with van der Waals surface area (Å²) in [7, 11) is 2.29. The van der Waals surface area contributed by atoms with Crippen molar-refractivity contribution < 1.29 is 5.11 Å². The third kappa shape index (κ3) is 4.19. The maximum atomic E-state index is 10.4. The fourth-order valence-corrected chi connectivity index (χ4v) is 4.35. The molecular weight excluding hydrogens is 234 g/mol. The van der Waals surface area contributed by atoms with Crippen molar-refractivity contribution in [2.24, 2.45) is 17.8 Å². The Labute approximate surface area is 119 Å². The minimum atomic E-state index is -0.0769. The highest BCUT2D eigenvalue weighted by Gasteiger charge is 2.34. The molecule has 19 heavy (non-hydrogen) atoms. The van der Waals surface area contributed by atoms with Crippen molar-refractivity contribution in [3.8, 4) is 0 Å². The van der Waals surface area contributed by atoms with E-state index in [1.165, 1.54) is 44.9 Å². The van der Waals surface area contributed by atoms with Crippen LogP contribution in [-0.2, 0) is 0 Å². The van der Waals surface area contributed by atoms with Crippen LogP contribution in [0.3, 0.4) is 0 Å². The molecule has 112 valence electrons. The van der Waals surface area contributed by atoms with Gasteiger partial charge < -0.3 is 10.0 Å². The highest BCUT2D eigenvalue weighted by atomic mass is 16.3. The SMILES string of the molecule is CC1CC(C)C(CN(C)C2CCCCCC2)C(O)C1. The van der Waals surface area contributed by atoms with Crippen molar-refractivity contribution in [2.45, 2.75) is 77.4 Å². The average molecular weight is 267 g/mol. The Bertz CT molecular complexity index is 248. The quantitative estimate of drug-likeness (QED) is 0.788. The monoisotopic (exact) mass is 267 g/mol. The van der Waals surface area contributed by atoms with Crippen LogP contribution >= 0.6 is 0 Å². The summed E-state index contributed by atoms with van der Waals surface area (Å²) in [6.07, 6.45) is 10.6. The van der Waals surface area contributed by atoms with Crippen molar-refractivity contribution in [3.05, 3.63) is 0 Å². The molecule has 0 aromatic heterocycles. The molecule has 2 fully saturated rings. The summed E-state index contributed by atoms with van der Waals surface area (Å²) < 4.78 is 0. The van der Waals surface area contributed by atoms with Gasteiger partial charge in [-0.05, 0) is 44.6 Å². The van der Waals surface area contributed by atoms with Gasteiger partial charge in [-0.15, -0.1) is 0 Å². The fraction of sp³-hybridized carbons (Fsp3) is 1.00. The molecular formula is C17H33NO. The predicted molar refractivity (Wildman–Crippen MR) is 81.2 cm³/mol. The second kappa shape index (κ2) is 7.08. The largest absolute Gasteiger partial charge is 0.393 e. The van der Waals surface area contributed by atoms with Gasteiger partial charge in [0.05, 0.1) is 6.10 Å². The molecule has 4 unspecified atom stereocenters. The van der Waals surface area contributed by atoms with Crippen molar-refractivity contribution in [1.29, 1.82) is 0 Å². The third-order valence-corrected chi connectivity index (χ3v) is 5.59. The number of aliphatic hydroxyl groups is 1. The van der Waals surface area contributed by atoms with E-state index in [1.807, 2.05) is 0 Å². The van der Waals surface area contributed by atoms with E-state index in [0.29, 0.717) is 17.8 Å². The zero-order valence-corrected chi connectivity index (χ0v) is 13.1. The molecule has 4 atom stereocenters. The number of hydrogen-bond acceptors (Lipinski definition) is 2. The summed E-state index contributed by atoms with van der Waals surface area (Å²) in [5, 5.41) is 10.4. The average Bonchev–Trinajstić information content (AvgIpc) is 2.62. The molecule has 2 saturated carbocycles. The Morgan fingerprint density at radius 3 is 2.21 bits per heavy atom. The second-order valence-electron chi connectivity index (χ2n) is 7.37. The summed E-state index contributed by atoms with van der Waals surface area (Å²) in [6, 6.07) is 0.765. The molecule has 2 heteroatoms. The Hall–Kier alpha value is -0.0800. The van der Waals surface area contributed by atoms with E-state index < -0.39 is 0 Å². The maximum Gasteiger partial charge on any atom is 0.0585 e. The van der Waals surface area contributed by atoms with E-state index in [4.69, 9.17) is 0 Å². The second-order valence-corrected chi connectivity index (χ2v) is 7.37. The van der Waals surface area contributed by atoms with Crippen LogP contribution in [0.15, 0.2) is 0 Å². The van der Waals surface area contributed by atoms with E-state index in [9.17, 15) is 5.11 Å². The van der Waals surface area contributed by atoms with Crippen LogP contribution < -0.4 is 0 Å². The van der Waals surface area contributed by atoms with Gasteiger partial charge in [0.2, 0.25) is 0 Å². The number of rotatable bonds is 3. The third-order valence-electron chi connectivity index (χ3n) is 5.59. The molecule has 0 radical (unpaired) electrons. The van der Waals surface area contributed by atoms with Gasteiger partial charge >= 0.3 is 0 Å². The molecule has 1 N–H and O–H groups in total. The van der Waals surface area contributed by atoms with Crippen molar-refractivity contribution in [2.75, 3.05) is 13.6 Å². The smallest absolute Gasteiger partial charge is 0.0585 e. The summed E-state index contributed by atoms with van der Waals surface area (Å²) in [5.41, 5.74) is 0. The van der Waals surface area contributed by atoms with Crippen LogP contribution in [0.2, 0.25) is 0 Å². The zero-order chi connectivity index (χ0) is 13.8. The summed E-state index contributed by atoms with van der Waals surface area (Å²) in [6.45, 7) is 5.72. The predicted octanol–water partition coefficient (Wildman–Crippen LogP) is 3.68. The zero-order valence-electron chi connectivity index (χ0n) is 13.1. The van der Waals surface area contributed by atoms with Gasteiger partial charge in [0.1, 0.15) is 0 Å². The van der Waals surface area contributed by atoms with Gasteiger partial charge in [0, 0.05) is 18.5 Å². The van der Waals surface area contributed by atoms with Crippen LogP contribution in [0.1, 0.15) is 65.2 Å². The van der Waals surface area contributed by atoms with E-state index in [0.717, 1.165) is 19.0 Å². The Morgan fingerprint density at radius 2 is 1.63 bits per heavy atom. The maximum absolute atomic E-state index is 10.4. The molecule has 2 aliphatic rings. The Balaban J connectivity index is 1.87. The first-order chi connectivity index (χ1) is 9.08. The van der Waals surface area contributed by atoms with Gasteiger partial charge in [-0.2, -0.15) is 0 Å². The van der Waals surface area contributed by atoms with Gasteiger partial charge in [-0.1, -0.05) is 39.5 Å². The molecule has 0 aliphatic heterocycles. The number of nitrogens with zero attached hydrogens (tertiary/aromatic N) is 1. The van der Waals surface area contributed by atoms with E-state index >= 15 is 0 Å². The first-order valence-corrected chi connectivity index (χ1v) is 8.46. The van der Waals surface area contributed by atoms with Crippen LogP contribution in [0, 0.1) is 17.8 Å². The van der Waals surface area contributed by atoms with Crippen LogP contribution in [0.5, 0.6) is 0 Å². The van der Waals surface area contributed by atoms with Gasteiger partial charge in [-0.3, -0.25) is 0 Å². The molecule has 0 aromatic carbocycles. The molecule has 0 bridgehead atoms. The topological polar surface area (TPSA) is 23.5 Å². The molecule has 0 aromatic rings. The normalized spacial score (nSPS) is 38.4. The van der Waals surface area contributed by atoms with Crippen molar-refractivity contribution in [3.63, 3.8) is 0 Å². The molecule has 0 amide bonds. The highest BCUT2D eigenvalue weighted by Crippen LogP contribution is 2.35. The number of hydrogen-bond donors (Lipinski definition) is 1. The van der Waals surface area contributed by atoms with Crippen molar-refractivity contribution >= 4 is 0 Å². The van der Waals surface area contributed by atoms with Crippen LogP contribution in [0.25, 0.3) is 0 Å². The molecule has 2 aliphatic carbocycles. The standard InChI is InChI=1S/C17H33NO/c1-13-10-14(2)16(17(19)11-13)12-18(3)15-8-6-4-5-7-9-15/h13-17,19H,4-12H2,1-3H3. The van der Waals surface area contributed by atoms with E-state index in [-0.39, 0.29) is 6.10 Å². The van der Waals surface area contributed by atoms with Crippen LogP contribution in [-0.4, -0.2) is 35.7 Å². The van der Waals surface area contributed by atoms with E-state index in [2.05, 4.69) is 25.8 Å². The Morgan fingerprint density at radius 1 is 1.00 bits per heavy atom. The molecule has 0 heterocycles. The first kappa shape index (κ1) is 15.3. The summed E-state index contributed by atoms with van der Waals surface area (Å²) in [5.74, 6) is 1.86.